The Kier molecular flexibility index (Phi) is 5.41. The summed E-state index contributed by atoms with van der Waals surface area (Å²) in [7, 11) is 0. The molecule has 1 N–H and O–H groups in total. The lowest BCUT2D eigenvalue weighted by Gasteiger charge is -2.44. The third-order valence-corrected chi connectivity index (χ3v) is 5.99. The van der Waals surface area contributed by atoms with Gasteiger partial charge in [0.25, 0.3) is 5.91 Å². The van der Waals surface area contributed by atoms with Crippen LogP contribution in [-0.4, -0.2) is 39.9 Å². The first-order valence-electron chi connectivity index (χ1n) is 10.6. The van der Waals surface area contributed by atoms with E-state index in [9.17, 15) is 9.59 Å². The largest absolute Gasteiger partial charge is 0.469 e. The molecule has 0 unspecified atom stereocenters. The Balaban J connectivity index is 1.68. The van der Waals surface area contributed by atoms with Gasteiger partial charge in [0.05, 0.1) is 12.8 Å². The van der Waals surface area contributed by atoms with Gasteiger partial charge in [-0.1, -0.05) is 32.0 Å². The number of carbonyl (C=O) groups excluding carboxylic acids is 2. The number of hydrogen-bond acceptors (Lipinski definition) is 3. The van der Waals surface area contributed by atoms with E-state index in [0.717, 1.165) is 23.1 Å². The van der Waals surface area contributed by atoms with Crippen LogP contribution in [0, 0.1) is 5.92 Å². The van der Waals surface area contributed by atoms with E-state index in [-0.39, 0.29) is 11.8 Å². The normalized spacial score (nSPS) is 18.8. The van der Waals surface area contributed by atoms with Gasteiger partial charge < -0.3 is 19.2 Å². The molecule has 6 nitrogen and oxygen atoms in total. The highest BCUT2D eigenvalue weighted by molar-refractivity contribution is 6.03. The van der Waals surface area contributed by atoms with E-state index in [0.29, 0.717) is 37.7 Å². The average Bonchev–Trinajstić information content (AvgIpc) is 3.35. The number of carbonyl (C=O) groups is 2. The second-order valence-corrected chi connectivity index (χ2v) is 8.67. The predicted octanol–water partition coefficient (Wildman–Crippen LogP) is 3.85. The lowest BCUT2D eigenvalue weighted by molar-refractivity contribution is -0.132. The van der Waals surface area contributed by atoms with Crippen LogP contribution in [0.3, 0.4) is 0 Å². The van der Waals surface area contributed by atoms with E-state index in [4.69, 9.17) is 4.42 Å². The van der Waals surface area contributed by atoms with Gasteiger partial charge in [-0.3, -0.25) is 9.59 Å². The lowest BCUT2D eigenvalue weighted by Crippen LogP contribution is -2.64. The van der Waals surface area contributed by atoms with E-state index < -0.39 is 5.54 Å². The topological polar surface area (TPSA) is 67.5 Å². The zero-order valence-corrected chi connectivity index (χ0v) is 17.9. The first-order chi connectivity index (χ1) is 14.4. The van der Waals surface area contributed by atoms with Crippen molar-refractivity contribution in [3.8, 4) is 0 Å². The number of aromatic nitrogens is 1. The number of hydrogen-bond donors (Lipinski definition) is 1. The smallest absolute Gasteiger partial charge is 0.271 e. The van der Waals surface area contributed by atoms with Gasteiger partial charge in [0.1, 0.15) is 17.0 Å². The van der Waals surface area contributed by atoms with Gasteiger partial charge in [0.15, 0.2) is 0 Å². The van der Waals surface area contributed by atoms with Crippen molar-refractivity contribution in [2.75, 3.05) is 13.1 Å². The summed E-state index contributed by atoms with van der Waals surface area (Å²) in [4.78, 5) is 28.6. The first kappa shape index (κ1) is 20.3. The molecular formula is C24H29N3O3. The van der Waals surface area contributed by atoms with Crippen LogP contribution in [0.2, 0.25) is 0 Å². The molecule has 30 heavy (non-hydrogen) atoms. The summed E-state index contributed by atoms with van der Waals surface area (Å²) in [6, 6.07) is 13.6. The number of rotatable bonds is 7. The Bertz CT molecular complexity index is 1050. The number of amides is 2. The summed E-state index contributed by atoms with van der Waals surface area (Å²) in [5.41, 5.74) is 0.631. The van der Waals surface area contributed by atoms with Crippen molar-refractivity contribution in [1.29, 1.82) is 0 Å². The monoisotopic (exact) mass is 407 g/mol. The molecular weight excluding hydrogens is 378 g/mol. The van der Waals surface area contributed by atoms with E-state index >= 15 is 0 Å². The van der Waals surface area contributed by atoms with Gasteiger partial charge in [-0.05, 0) is 43.5 Å². The van der Waals surface area contributed by atoms with Gasteiger partial charge in [-0.15, -0.1) is 0 Å². The number of furan rings is 1. The number of nitrogens with one attached hydrogen (secondary N) is 1. The maximum absolute atomic E-state index is 13.5. The van der Waals surface area contributed by atoms with E-state index in [1.54, 1.807) is 11.2 Å². The molecule has 2 amide bonds. The molecule has 0 saturated carbocycles. The number of nitrogens with zero attached hydrogens (tertiary/aromatic N) is 2. The Morgan fingerprint density at radius 3 is 2.77 bits per heavy atom. The minimum Gasteiger partial charge on any atom is -0.469 e. The predicted molar refractivity (Wildman–Crippen MR) is 116 cm³/mol. The molecule has 6 heteroatoms. The molecule has 0 fully saturated rings. The molecule has 1 aliphatic heterocycles. The van der Waals surface area contributed by atoms with Crippen molar-refractivity contribution in [3.63, 3.8) is 0 Å². The maximum Gasteiger partial charge on any atom is 0.271 e. The molecule has 0 saturated heterocycles. The molecule has 1 aliphatic rings. The summed E-state index contributed by atoms with van der Waals surface area (Å²) in [5, 5.41) is 4.08. The fraction of sp³-hybridized carbons (Fsp3) is 0.417. The lowest BCUT2D eigenvalue weighted by atomic mass is 9.94. The molecule has 0 radical (unpaired) electrons. The highest BCUT2D eigenvalue weighted by atomic mass is 16.3. The van der Waals surface area contributed by atoms with Crippen LogP contribution in [0.25, 0.3) is 10.9 Å². The minimum atomic E-state index is -0.977. The van der Waals surface area contributed by atoms with Gasteiger partial charge in [-0.2, -0.15) is 0 Å². The molecule has 1 aromatic carbocycles. The zero-order valence-electron chi connectivity index (χ0n) is 17.9. The summed E-state index contributed by atoms with van der Waals surface area (Å²) in [6.07, 6.45) is 3.09. The van der Waals surface area contributed by atoms with E-state index in [2.05, 4.69) is 19.2 Å². The highest BCUT2D eigenvalue weighted by Crippen LogP contribution is 2.32. The molecule has 4 rings (SSSR count). The molecule has 0 aliphatic carbocycles. The van der Waals surface area contributed by atoms with Crippen LogP contribution in [0.5, 0.6) is 0 Å². The quantitative estimate of drug-likeness (QED) is 0.647. The van der Waals surface area contributed by atoms with Crippen LogP contribution >= 0.6 is 0 Å². The van der Waals surface area contributed by atoms with Crippen molar-refractivity contribution in [1.82, 2.24) is 14.8 Å². The third kappa shape index (κ3) is 3.62. The summed E-state index contributed by atoms with van der Waals surface area (Å²) in [6.45, 7) is 7.58. The van der Waals surface area contributed by atoms with Gasteiger partial charge in [0.2, 0.25) is 5.91 Å². The second-order valence-electron chi connectivity index (χ2n) is 8.67. The van der Waals surface area contributed by atoms with E-state index in [1.165, 1.54) is 0 Å². The highest BCUT2D eigenvalue weighted by Gasteiger charge is 2.47. The number of para-hydroxylation sites is 1. The molecule has 3 heterocycles. The van der Waals surface area contributed by atoms with Crippen molar-refractivity contribution in [2.24, 2.45) is 5.92 Å². The van der Waals surface area contributed by atoms with Crippen LogP contribution in [0.15, 0.2) is 53.1 Å². The summed E-state index contributed by atoms with van der Waals surface area (Å²) >= 11 is 0. The summed E-state index contributed by atoms with van der Waals surface area (Å²) in [5.74, 6) is 1.07. The van der Waals surface area contributed by atoms with Crippen molar-refractivity contribution in [3.05, 3.63) is 60.2 Å². The molecule has 0 bridgehead atoms. The Labute approximate surface area is 176 Å². The molecule has 3 aromatic rings. The van der Waals surface area contributed by atoms with Crippen LogP contribution in [-0.2, 0) is 17.8 Å². The SMILES string of the molecule is CC(C)CCNC(=O)[C@]1(C)Cn2c(cc3ccccc32)C(=O)N1CCc1ccco1. The number of benzene rings is 1. The van der Waals surface area contributed by atoms with Gasteiger partial charge in [-0.25, -0.2) is 0 Å². The van der Waals surface area contributed by atoms with Crippen LogP contribution in [0.1, 0.15) is 43.4 Å². The Hall–Kier alpha value is -3.02. The number of fused-ring (bicyclic) bond motifs is 3. The molecule has 1 atom stereocenters. The third-order valence-electron chi connectivity index (χ3n) is 5.99. The fourth-order valence-electron chi connectivity index (χ4n) is 4.20. The first-order valence-corrected chi connectivity index (χ1v) is 10.6. The fourth-order valence-corrected chi connectivity index (χ4v) is 4.20. The molecule has 2 aromatic heterocycles. The maximum atomic E-state index is 13.5. The molecule has 0 spiro atoms. The van der Waals surface area contributed by atoms with Crippen molar-refractivity contribution < 1.29 is 14.0 Å². The molecule has 158 valence electrons. The van der Waals surface area contributed by atoms with Crippen LogP contribution < -0.4 is 5.32 Å². The van der Waals surface area contributed by atoms with Crippen LogP contribution in [0.4, 0.5) is 0 Å². The Morgan fingerprint density at radius 1 is 1.23 bits per heavy atom. The average molecular weight is 408 g/mol. The summed E-state index contributed by atoms with van der Waals surface area (Å²) < 4.78 is 7.44. The van der Waals surface area contributed by atoms with Crippen molar-refractivity contribution >= 4 is 22.7 Å². The van der Waals surface area contributed by atoms with E-state index in [1.807, 2.05) is 54.0 Å². The van der Waals surface area contributed by atoms with Gasteiger partial charge in [0, 0.05) is 30.4 Å². The minimum absolute atomic E-state index is 0.112. The Morgan fingerprint density at radius 2 is 2.03 bits per heavy atom. The second kappa shape index (κ2) is 8.01. The zero-order chi connectivity index (χ0) is 21.3. The standard InChI is InChI=1S/C24H29N3O3/c1-17(2)10-12-25-23(29)24(3)16-26-20-9-5-4-7-18(20)15-21(26)22(28)27(24)13-11-19-8-6-14-30-19/h4-9,14-15,17H,10-13,16H2,1-3H3,(H,25,29)/t24-/m0/s1. The van der Waals surface area contributed by atoms with Gasteiger partial charge >= 0.3 is 0 Å². The van der Waals surface area contributed by atoms with Crippen molar-refractivity contribution in [2.45, 2.75) is 45.7 Å².